The zero-order valence-corrected chi connectivity index (χ0v) is 15.6. The number of para-hydroxylation sites is 1. The average molecular weight is 375 g/mol. The number of anilines is 1. The molecule has 0 aliphatic carbocycles. The lowest BCUT2D eigenvalue weighted by Gasteiger charge is -2.11. The molecule has 138 valence electrons. The molecule has 0 bridgehead atoms. The maximum absolute atomic E-state index is 13.1. The van der Waals surface area contributed by atoms with Crippen LogP contribution in [-0.4, -0.2) is 5.91 Å². The van der Waals surface area contributed by atoms with Crippen molar-refractivity contribution in [3.05, 3.63) is 102 Å². The number of hydrogen-bond acceptors (Lipinski definition) is 2. The Labute approximate surface area is 167 Å². The van der Waals surface area contributed by atoms with E-state index in [1.165, 1.54) is 0 Å². The Kier molecular flexibility index (Phi) is 3.38. The van der Waals surface area contributed by atoms with E-state index in [1.807, 2.05) is 72.8 Å². The molecule has 3 nitrogen and oxygen atoms in total. The van der Waals surface area contributed by atoms with Gasteiger partial charge in [0.15, 0.2) is 0 Å². The Hall–Kier alpha value is -3.85. The number of benzene rings is 4. The van der Waals surface area contributed by atoms with E-state index in [0.717, 1.165) is 49.9 Å². The number of fused-ring (bicyclic) bond motifs is 4. The molecule has 1 aromatic heterocycles. The van der Waals surface area contributed by atoms with Crippen LogP contribution in [-0.2, 0) is 4.79 Å². The first-order chi connectivity index (χ1) is 14.3. The van der Waals surface area contributed by atoms with E-state index in [0.29, 0.717) is 0 Å². The molecule has 0 saturated heterocycles. The summed E-state index contributed by atoms with van der Waals surface area (Å²) < 4.78 is 6.39. The summed E-state index contributed by atoms with van der Waals surface area (Å²) in [6.07, 6.45) is 0. The highest BCUT2D eigenvalue weighted by molar-refractivity contribution is 6.14. The smallest absolute Gasteiger partial charge is 0.236 e. The van der Waals surface area contributed by atoms with E-state index in [4.69, 9.17) is 4.42 Å². The predicted molar refractivity (Wildman–Crippen MR) is 116 cm³/mol. The molecule has 0 radical (unpaired) electrons. The van der Waals surface area contributed by atoms with Gasteiger partial charge in [0, 0.05) is 22.2 Å². The minimum absolute atomic E-state index is 0.0148. The third-order valence-corrected chi connectivity index (χ3v) is 5.73. The molecule has 3 heteroatoms. The van der Waals surface area contributed by atoms with Gasteiger partial charge >= 0.3 is 0 Å². The molecule has 0 saturated carbocycles. The lowest BCUT2D eigenvalue weighted by molar-refractivity contribution is -0.116. The number of nitrogens with one attached hydrogen (secondary N) is 1. The maximum Gasteiger partial charge on any atom is 0.236 e. The Balaban J connectivity index is 1.76. The second-order valence-electron chi connectivity index (χ2n) is 7.38. The van der Waals surface area contributed by atoms with Gasteiger partial charge in [-0.3, -0.25) is 4.79 Å². The molecule has 1 N–H and O–H groups in total. The third kappa shape index (κ3) is 2.34. The van der Waals surface area contributed by atoms with Gasteiger partial charge in [-0.15, -0.1) is 0 Å². The second kappa shape index (κ2) is 6.08. The molecular formula is C26H17NO2. The fourth-order valence-electron chi connectivity index (χ4n) is 4.47. The number of carbonyl (C=O) groups is 1. The number of amides is 1. The quantitative estimate of drug-likeness (QED) is 0.391. The first-order valence-electron chi connectivity index (χ1n) is 9.70. The molecule has 2 heterocycles. The Morgan fingerprint density at radius 1 is 0.759 bits per heavy atom. The van der Waals surface area contributed by atoms with E-state index >= 15 is 0 Å². The lowest BCUT2D eigenvalue weighted by Crippen LogP contribution is -2.13. The van der Waals surface area contributed by atoms with E-state index in [1.54, 1.807) is 0 Å². The summed E-state index contributed by atoms with van der Waals surface area (Å²) in [5.74, 6) is 0.335. The molecule has 29 heavy (non-hydrogen) atoms. The molecule has 0 spiro atoms. The first-order valence-corrected chi connectivity index (χ1v) is 9.70. The van der Waals surface area contributed by atoms with Crippen LogP contribution < -0.4 is 5.32 Å². The molecule has 1 amide bonds. The third-order valence-electron chi connectivity index (χ3n) is 5.73. The fourth-order valence-corrected chi connectivity index (χ4v) is 4.47. The molecule has 1 atom stereocenters. The highest BCUT2D eigenvalue weighted by Crippen LogP contribution is 2.47. The first kappa shape index (κ1) is 16.1. The van der Waals surface area contributed by atoms with Gasteiger partial charge in [-0.05, 0) is 28.5 Å². The number of carbonyl (C=O) groups excluding carboxylic acids is 1. The Morgan fingerprint density at radius 3 is 2.41 bits per heavy atom. The molecule has 0 fully saturated rings. The van der Waals surface area contributed by atoms with Gasteiger partial charge < -0.3 is 9.73 Å². The summed E-state index contributed by atoms with van der Waals surface area (Å²) in [5, 5.41) is 6.29. The van der Waals surface area contributed by atoms with Gasteiger partial charge in [0.05, 0.1) is 5.92 Å². The fraction of sp³-hybridized carbons (Fsp3) is 0.0385. The molecule has 1 aliphatic heterocycles. The van der Waals surface area contributed by atoms with E-state index in [2.05, 4.69) is 23.5 Å². The van der Waals surface area contributed by atoms with Crippen LogP contribution in [0.4, 0.5) is 5.69 Å². The van der Waals surface area contributed by atoms with E-state index < -0.39 is 5.92 Å². The highest BCUT2D eigenvalue weighted by atomic mass is 16.3. The molecule has 1 unspecified atom stereocenters. The number of rotatable bonds is 2. The van der Waals surface area contributed by atoms with Crippen LogP contribution >= 0.6 is 0 Å². The van der Waals surface area contributed by atoms with Crippen molar-refractivity contribution in [1.82, 2.24) is 0 Å². The van der Waals surface area contributed by atoms with Crippen LogP contribution in [0, 0.1) is 0 Å². The monoisotopic (exact) mass is 375 g/mol. The standard InChI is InChI=1S/C26H17NO2/c28-26-23(19-12-6-7-13-20(19)27-26)24-22-18-11-5-4-8-16(18)14-15-21(22)29-25(24)17-9-2-1-3-10-17/h1-15,23H,(H,27,28). The van der Waals surface area contributed by atoms with Crippen LogP contribution in [0.3, 0.4) is 0 Å². The van der Waals surface area contributed by atoms with Crippen LogP contribution in [0.2, 0.25) is 0 Å². The summed E-state index contributed by atoms with van der Waals surface area (Å²) in [6.45, 7) is 0. The van der Waals surface area contributed by atoms with Crippen molar-refractivity contribution in [1.29, 1.82) is 0 Å². The van der Waals surface area contributed by atoms with Gasteiger partial charge in [0.2, 0.25) is 5.91 Å². The SMILES string of the molecule is O=C1Nc2ccccc2C1c1c(-c2ccccc2)oc2ccc3ccccc3c12. The largest absolute Gasteiger partial charge is 0.456 e. The highest BCUT2D eigenvalue weighted by Gasteiger charge is 2.37. The van der Waals surface area contributed by atoms with Gasteiger partial charge in [-0.25, -0.2) is 0 Å². The van der Waals surface area contributed by atoms with Gasteiger partial charge in [-0.1, -0.05) is 78.9 Å². The zero-order valence-electron chi connectivity index (χ0n) is 15.6. The van der Waals surface area contributed by atoms with Crippen molar-refractivity contribution in [2.24, 2.45) is 0 Å². The Bertz CT molecular complexity index is 1400. The van der Waals surface area contributed by atoms with Crippen molar-refractivity contribution >= 4 is 33.3 Å². The summed E-state index contributed by atoms with van der Waals surface area (Å²) >= 11 is 0. The van der Waals surface area contributed by atoms with Crippen molar-refractivity contribution in [3.8, 4) is 11.3 Å². The van der Waals surface area contributed by atoms with Gasteiger partial charge in [-0.2, -0.15) is 0 Å². The van der Waals surface area contributed by atoms with Gasteiger partial charge in [0.1, 0.15) is 11.3 Å². The molecular weight excluding hydrogens is 358 g/mol. The summed E-state index contributed by atoms with van der Waals surface area (Å²) in [5.41, 5.74) is 4.57. The van der Waals surface area contributed by atoms with Crippen LogP contribution in [0.5, 0.6) is 0 Å². The summed E-state index contributed by atoms with van der Waals surface area (Å²) in [7, 11) is 0. The molecule has 6 rings (SSSR count). The lowest BCUT2D eigenvalue weighted by atomic mass is 9.87. The minimum Gasteiger partial charge on any atom is -0.456 e. The predicted octanol–water partition coefficient (Wildman–Crippen LogP) is 6.34. The molecule has 1 aliphatic rings. The molecule has 5 aromatic rings. The van der Waals surface area contributed by atoms with Crippen molar-refractivity contribution in [2.75, 3.05) is 5.32 Å². The van der Waals surface area contributed by atoms with Crippen molar-refractivity contribution in [2.45, 2.75) is 5.92 Å². The summed E-state index contributed by atoms with van der Waals surface area (Å²) in [6, 6.07) is 30.3. The maximum atomic E-state index is 13.1. The van der Waals surface area contributed by atoms with Crippen LogP contribution in [0.1, 0.15) is 17.0 Å². The topological polar surface area (TPSA) is 42.2 Å². The minimum atomic E-state index is -0.409. The van der Waals surface area contributed by atoms with Crippen molar-refractivity contribution < 1.29 is 9.21 Å². The second-order valence-corrected chi connectivity index (χ2v) is 7.38. The van der Waals surface area contributed by atoms with Crippen LogP contribution in [0.15, 0.2) is 95.4 Å². The van der Waals surface area contributed by atoms with E-state index in [-0.39, 0.29) is 5.91 Å². The normalized spacial score (nSPS) is 15.6. The Morgan fingerprint density at radius 2 is 1.52 bits per heavy atom. The average Bonchev–Trinajstić information content (AvgIpc) is 3.31. The van der Waals surface area contributed by atoms with E-state index in [9.17, 15) is 4.79 Å². The van der Waals surface area contributed by atoms with Crippen molar-refractivity contribution in [3.63, 3.8) is 0 Å². The van der Waals surface area contributed by atoms with Gasteiger partial charge in [0.25, 0.3) is 0 Å². The summed E-state index contributed by atoms with van der Waals surface area (Å²) in [4.78, 5) is 13.1. The van der Waals surface area contributed by atoms with Crippen LogP contribution in [0.25, 0.3) is 33.1 Å². The number of furan rings is 1. The number of hydrogen-bond donors (Lipinski definition) is 1. The molecule has 4 aromatic carbocycles. The zero-order chi connectivity index (χ0) is 19.4.